The Labute approximate surface area is 115 Å². The topological polar surface area (TPSA) is 43.1 Å². The third kappa shape index (κ3) is 2.18. The van der Waals surface area contributed by atoms with E-state index in [1.807, 2.05) is 44.2 Å². The lowest BCUT2D eigenvalue weighted by Crippen LogP contribution is -2.13. The van der Waals surface area contributed by atoms with E-state index in [0.717, 1.165) is 26.7 Å². The van der Waals surface area contributed by atoms with Crippen molar-refractivity contribution in [1.29, 1.82) is 0 Å². The van der Waals surface area contributed by atoms with Gasteiger partial charge in [-0.3, -0.25) is 4.79 Å². The molecule has 0 fully saturated rings. The average molecular weight is 304 g/mol. The largest absolute Gasteiger partial charge is 0.366 e. The number of nitrogens with two attached hydrogens (primary N) is 1. The van der Waals surface area contributed by atoms with Crippen LogP contribution >= 0.6 is 15.9 Å². The molecule has 2 rings (SSSR count). The molecule has 0 saturated carbocycles. The Morgan fingerprint density at radius 2 is 1.56 bits per heavy atom. The lowest BCUT2D eigenvalue weighted by atomic mass is 9.92. The van der Waals surface area contributed by atoms with Crippen LogP contribution in [0.25, 0.3) is 11.1 Å². The fourth-order valence-electron chi connectivity index (χ4n) is 2.19. The summed E-state index contributed by atoms with van der Waals surface area (Å²) in [5, 5.41) is 0. The molecule has 0 aliphatic carbocycles. The number of primary amides is 1. The summed E-state index contributed by atoms with van der Waals surface area (Å²) in [4.78, 5) is 11.6. The van der Waals surface area contributed by atoms with Gasteiger partial charge in [0.25, 0.3) is 0 Å². The quantitative estimate of drug-likeness (QED) is 0.900. The number of hydrogen-bond acceptors (Lipinski definition) is 1. The van der Waals surface area contributed by atoms with E-state index in [0.29, 0.717) is 5.56 Å². The molecule has 0 aliphatic heterocycles. The van der Waals surface area contributed by atoms with Crippen molar-refractivity contribution in [2.75, 3.05) is 0 Å². The van der Waals surface area contributed by atoms with Crippen LogP contribution in [0, 0.1) is 13.8 Å². The van der Waals surface area contributed by atoms with Gasteiger partial charge in [0.15, 0.2) is 0 Å². The van der Waals surface area contributed by atoms with Crippen LogP contribution in [0.4, 0.5) is 0 Å². The molecule has 2 N–H and O–H groups in total. The Balaban J connectivity index is 2.82. The van der Waals surface area contributed by atoms with Crippen molar-refractivity contribution in [3.8, 4) is 11.1 Å². The monoisotopic (exact) mass is 303 g/mol. The first kappa shape index (κ1) is 12.8. The van der Waals surface area contributed by atoms with Gasteiger partial charge < -0.3 is 5.73 Å². The van der Waals surface area contributed by atoms with Crippen molar-refractivity contribution >= 4 is 21.8 Å². The molecule has 0 saturated heterocycles. The predicted molar refractivity (Wildman–Crippen MR) is 77.6 cm³/mol. The molecule has 2 aromatic carbocycles. The van der Waals surface area contributed by atoms with Gasteiger partial charge >= 0.3 is 0 Å². The molecule has 0 spiro atoms. The molecule has 2 aromatic rings. The van der Waals surface area contributed by atoms with Gasteiger partial charge in [0.05, 0.1) is 0 Å². The minimum Gasteiger partial charge on any atom is -0.366 e. The first-order valence-electron chi connectivity index (χ1n) is 5.67. The Morgan fingerprint density at radius 1 is 1.00 bits per heavy atom. The Morgan fingerprint density at radius 3 is 2.11 bits per heavy atom. The van der Waals surface area contributed by atoms with Crippen LogP contribution in [-0.4, -0.2) is 5.91 Å². The molecular weight excluding hydrogens is 290 g/mol. The van der Waals surface area contributed by atoms with Crippen molar-refractivity contribution < 1.29 is 4.79 Å². The highest BCUT2D eigenvalue weighted by Crippen LogP contribution is 2.35. The van der Waals surface area contributed by atoms with E-state index in [1.54, 1.807) is 6.07 Å². The Hall–Kier alpha value is -1.61. The summed E-state index contributed by atoms with van der Waals surface area (Å²) in [6.07, 6.45) is 0. The predicted octanol–water partition coefficient (Wildman–Crippen LogP) is 3.83. The third-order valence-corrected chi connectivity index (χ3v) is 3.67. The number of halogens is 1. The molecular formula is C15H14BrNO. The molecule has 0 unspecified atom stereocenters. The van der Waals surface area contributed by atoms with E-state index in [9.17, 15) is 4.79 Å². The molecule has 18 heavy (non-hydrogen) atoms. The van der Waals surface area contributed by atoms with Crippen molar-refractivity contribution in [1.82, 2.24) is 0 Å². The van der Waals surface area contributed by atoms with Gasteiger partial charge in [0.2, 0.25) is 5.91 Å². The second-order valence-electron chi connectivity index (χ2n) is 4.29. The number of amides is 1. The summed E-state index contributed by atoms with van der Waals surface area (Å²) in [7, 11) is 0. The van der Waals surface area contributed by atoms with Gasteiger partial charge in [-0.2, -0.15) is 0 Å². The van der Waals surface area contributed by atoms with Crippen LogP contribution < -0.4 is 5.73 Å². The van der Waals surface area contributed by atoms with E-state index in [1.165, 1.54) is 0 Å². The Kier molecular flexibility index (Phi) is 3.53. The van der Waals surface area contributed by atoms with E-state index in [4.69, 9.17) is 5.73 Å². The molecule has 0 heterocycles. The van der Waals surface area contributed by atoms with E-state index < -0.39 is 5.91 Å². The fraction of sp³-hybridized carbons (Fsp3) is 0.133. The van der Waals surface area contributed by atoms with Gasteiger partial charge in [-0.25, -0.2) is 0 Å². The normalized spacial score (nSPS) is 10.4. The average Bonchev–Trinajstić information content (AvgIpc) is 2.30. The zero-order chi connectivity index (χ0) is 13.3. The fourth-order valence-corrected chi connectivity index (χ4v) is 2.76. The second kappa shape index (κ2) is 4.94. The summed E-state index contributed by atoms with van der Waals surface area (Å²) >= 11 is 3.51. The number of carbonyl (C=O) groups is 1. The SMILES string of the molecule is Cc1cccc(C)c1-c1c(Br)cccc1C(N)=O. The third-order valence-electron chi connectivity index (χ3n) is 3.01. The van der Waals surface area contributed by atoms with E-state index in [-0.39, 0.29) is 0 Å². The molecule has 3 heteroatoms. The summed E-state index contributed by atoms with van der Waals surface area (Å²) in [6, 6.07) is 11.6. The summed E-state index contributed by atoms with van der Waals surface area (Å²) in [5.74, 6) is -0.408. The zero-order valence-corrected chi connectivity index (χ0v) is 11.9. The minimum absolute atomic E-state index is 0.408. The standard InChI is InChI=1S/C15H14BrNO/c1-9-5-3-6-10(2)13(9)14-11(15(17)18)7-4-8-12(14)16/h3-8H,1-2H3,(H2,17,18). The van der Waals surface area contributed by atoms with Gasteiger partial charge in [0.1, 0.15) is 0 Å². The van der Waals surface area contributed by atoms with Crippen LogP contribution in [-0.2, 0) is 0 Å². The number of benzene rings is 2. The number of aryl methyl sites for hydroxylation is 2. The molecule has 0 aromatic heterocycles. The van der Waals surface area contributed by atoms with Gasteiger partial charge in [-0.05, 0) is 42.7 Å². The molecule has 0 radical (unpaired) electrons. The summed E-state index contributed by atoms with van der Waals surface area (Å²) < 4.78 is 0.885. The van der Waals surface area contributed by atoms with Gasteiger partial charge in [-0.15, -0.1) is 0 Å². The molecule has 0 bridgehead atoms. The molecule has 92 valence electrons. The van der Waals surface area contributed by atoms with Crippen LogP contribution in [0.3, 0.4) is 0 Å². The summed E-state index contributed by atoms with van der Waals surface area (Å²) in [6.45, 7) is 4.07. The maximum absolute atomic E-state index is 11.6. The van der Waals surface area contributed by atoms with Crippen LogP contribution in [0.5, 0.6) is 0 Å². The second-order valence-corrected chi connectivity index (χ2v) is 5.15. The Bertz CT molecular complexity index is 600. The summed E-state index contributed by atoms with van der Waals surface area (Å²) in [5.41, 5.74) is 10.2. The van der Waals surface area contributed by atoms with Crippen molar-refractivity contribution in [3.63, 3.8) is 0 Å². The van der Waals surface area contributed by atoms with Gasteiger partial charge in [-0.1, -0.05) is 40.2 Å². The highest BCUT2D eigenvalue weighted by Gasteiger charge is 2.16. The number of rotatable bonds is 2. The van der Waals surface area contributed by atoms with Gasteiger partial charge in [0, 0.05) is 15.6 Å². The van der Waals surface area contributed by atoms with Crippen molar-refractivity contribution in [3.05, 3.63) is 57.6 Å². The lowest BCUT2D eigenvalue weighted by molar-refractivity contribution is 0.100. The zero-order valence-electron chi connectivity index (χ0n) is 10.3. The first-order valence-corrected chi connectivity index (χ1v) is 6.46. The first-order chi connectivity index (χ1) is 8.52. The van der Waals surface area contributed by atoms with Crippen molar-refractivity contribution in [2.24, 2.45) is 5.73 Å². The molecule has 1 amide bonds. The smallest absolute Gasteiger partial charge is 0.249 e. The van der Waals surface area contributed by atoms with E-state index >= 15 is 0 Å². The number of hydrogen-bond donors (Lipinski definition) is 1. The lowest BCUT2D eigenvalue weighted by Gasteiger charge is -2.14. The maximum atomic E-state index is 11.6. The highest BCUT2D eigenvalue weighted by molar-refractivity contribution is 9.10. The number of carbonyl (C=O) groups excluding carboxylic acids is 1. The molecule has 2 nitrogen and oxygen atoms in total. The highest BCUT2D eigenvalue weighted by atomic mass is 79.9. The molecule has 0 aliphatic rings. The van der Waals surface area contributed by atoms with Crippen LogP contribution in [0.1, 0.15) is 21.5 Å². The van der Waals surface area contributed by atoms with Crippen molar-refractivity contribution in [2.45, 2.75) is 13.8 Å². The van der Waals surface area contributed by atoms with Crippen LogP contribution in [0.15, 0.2) is 40.9 Å². The van der Waals surface area contributed by atoms with Crippen LogP contribution in [0.2, 0.25) is 0 Å². The molecule has 0 atom stereocenters. The van der Waals surface area contributed by atoms with E-state index in [2.05, 4.69) is 15.9 Å². The minimum atomic E-state index is -0.408. The maximum Gasteiger partial charge on any atom is 0.249 e.